The van der Waals surface area contributed by atoms with Crippen LogP contribution >= 0.6 is 0 Å². The molecule has 0 aliphatic heterocycles. The monoisotopic (exact) mass is 219 g/mol. The van der Waals surface area contributed by atoms with Crippen LogP contribution in [0.15, 0.2) is 18.2 Å². The fraction of sp³-hybridized carbons (Fsp3) is 0.500. The van der Waals surface area contributed by atoms with Gasteiger partial charge in [0.2, 0.25) is 0 Å². The van der Waals surface area contributed by atoms with Crippen LogP contribution in [0, 0.1) is 0 Å². The number of pyridine rings is 1. The minimum atomic E-state index is -0.0285. The average molecular weight is 219 g/mol. The second-order valence-corrected chi connectivity index (χ2v) is 4.30. The van der Waals surface area contributed by atoms with Crippen LogP contribution in [0.5, 0.6) is 0 Å². The van der Waals surface area contributed by atoms with Gasteiger partial charge in [0, 0.05) is 13.1 Å². The lowest BCUT2D eigenvalue weighted by atomic mass is 10.2. The van der Waals surface area contributed by atoms with E-state index in [9.17, 15) is 4.79 Å². The van der Waals surface area contributed by atoms with Gasteiger partial charge in [0.1, 0.15) is 11.5 Å². The minimum absolute atomic E-state index is 0.0285. The first kappa shape index (κ1) is 10.9. The van der Waals surface area contributed by atoms with Crippen LogP contribution in [0.4, 0.5) is 5.82 Å². The van der Waals surface area contributed by atoms with Crippen molar-refractivity contribution in [2.24, 2.45) is 0 Å². The molecule has 1 aliphatic carbocycles. The fourth-order valence-electron chi connectivity index (χ4n) is 2.21. The predicted octanol–water partition coefficient (Wildman–Crippen LogP) is 1.68. The number of aromatic nitrogens is 1. The Morgan fingerprint density at radius 2 is 2.12 bits per heavy atom. The topological polar surface area (TPSA) is 59.2 Å². The molecule has 0 unspecified atom stereocenters. The highest BCUT2D eigenvalue weighted by molar-refractivity contribution is 5.92. The summed E-state index contributed by atoms with van der Waals surface area (Å²) in [4.78, 5) is 17.9. The predicted molar refractivity (Wildman–Crippen MR) is 63.0 cm³/mol. The first-order valence-electron chi connectivity index (χ1n) is 5.68. The van der Waals surface area contributed by atoms with Gasteiger partial charge in [-0.05, 0) is 25.0 Å². The molecule has 1 heterocycles. The van der Waals surface area contributed by atoms with Crippen molar-refractivity contribution in [3.63, 3.8) is 0 Å². The summed E-state index contributed by atoms with van der Waals surface area (Å²) < 4.78 is 0. The van der Waals surface area contributed by atoms with Crippen molar-refractivity contribution >= 4 is 11.7 Å². The number of amides is 1. The van der Waals surface area contributed by atoms with Gasteiger partial charge in [0.15, 0.2) is 0 Å². The Morgan fingerprint density at radius 3 is 2.75 bits per heavy atom. The summed E-state index contributed by atoms with van der Waals surface area (Å²) in [6, 6.07) is 5.53. The Balaban J connectivity index is 2.12. The molecule has 16 heavy (non-hydrogen) atoms. The lowest BCUT2D eigenvalue weighted by Gasteiger charge is -2.23. The third-order valence-corrected chi connectivity index (χ3v) is 3.18. The van der Waals surface area contributed by atoms with Gasteiger partial charge in [-0.2, -0.15) is 0 Å². The van der Waals surface area contributed by atoms with Gasteiger partial charge in [-0.15, -0.1) is 0 Å². The summed E-state index contributed by atoms with van der Waals surface area (Å²) in [5.74, 6) is 0.366. The molecule has 2 rings (SSSR count). The smallest absolute Gasteiger partial charge is 0.272 e. The van der Waals surface area contributed by atoms with E-state index in [1.807, 2.05) is 7.05 Å². The highest BCUT2D eigenvalue weighted by Gasteiger charge is 2.24. The molecule has 2 N–H and O–H groups in total. The molecule has 0 aromatic carbocycles. The van der Waals surface area contributed by atoms with E-state index in [1.54, 1.807) is 23.1 Å². The molecule has 0 bridgehead atoms. The molecule has 1 saturated carbocycles. The SMILES string of the molecule is CN(C(=O)c1cccc(N)n1)C1CCCC1. The molecular weight excluding hydrogens is 202 g/mol. The van der Waals surface area contributed by atoms with Gasteiger partial charge in [0.25, 0.3) is 5.91 Å². The molecule has 4 nitrogen and oxygen atoms in total. The zero-order valence-electron chi connectivity index (χ0n) is 9.52. The molecule has 0 spiro atoms. The molecule has 0 saturated heterocycles. The van der Waals surface area contributed by atoms with Gasteiger partial charge in [-0.1, -0.05) is 18.9 Å². The van der Waals surface area contributed by atoms with Gasteiger partial charge in [-0.25, -0.2) is 4.98 Å². The molecular formula is C12H17N3O. The molecule has 0 radical (unpaired) electrons. The maximum absolute atomic E-state index is 12.1. The van der Waals surface area contributed by atoms with Crippen molar-refractivity contribution in [1.29, 1.82) is 0 Å². The number of nitrogens with two attached hydrogens (primary N) is 1. The van der Waals surface area contributed by atoms with E-state index in [2.05, 4.69) is 4.98 Å². The maximum atomic E-state index is 12.1. The van der Waals surface area contributed by atoms with Crippen LogP contribution in [0.3, 0.4) is 0 Å². The summed E-state index contributed by atoms with van der Waals surface area (Å²) >= 11 is 0. The van der Waals surface area contributed by atoms with Crippen LogP contribution in [-0.4, -0.2) is 28.9 Å². The van der Waals surface area contributed by atoms with Crippen molar-refractivity contribution in [1.82, 2.24) is 9.88 Å². The molecule has 4 heteroatoms. The minimum Gasteiger partial charge on any atom is -0.384 e. The standard InChI is InChI=1S/C12H17N3O/c1-15(9-5-2-3-6-9)12(16)10-7-4-8-11(13)14-10/h4,7-9H,2-3,5-6H2,1H3,(H2,13,14). The molecule has 86 valence electrons. The molecule has 1 aromatic rings. The number of nitrogen functional groups attached to an aromatic ring is 1. The third kappa shape index (κ3) is 2.15. The first-order chi connectivity index (χ1) is 7.68. The van der Waals surface area contributed by atoms with Crippen molar-refractivity contribution in [3.05, 3.63) is 23.9 Å². The van der Waals surface area contributed by atoms with Crippen molar-refractivity contribution in [3.8, 4) is 0 Å². The Labute approximate surface area is 95.5 Å². The van der Waals surface area contributed by atoms with Crippen LogP contribution in [0.1, 0.15) is 36.2 Å². The second-order valence-electron chi connectivity index (χ2n) is 4.30. The number of carbonyl (C=O) groups excluding carboxylic acids is 1. The van der Waals surface area contributed by atoms with Crippen LogP contribution in [-0.2, 0) is 0 Å². The van der Waals surface area contributed by atoms with Gasteiger partial charge in [0.05, 0.1) is 0 Å². The fourth-order valence-corrected chi connectivity index (χ4v) is 2.21. The number of anilines is 1. The van der Waals surface area contributed by atoms with Crippen LogP contribution in [0.2, 0.25) is 0 Å². The highest BCUT2D eigenvalue weighted by Crippen LogP contribution is 2.23. The zero-order chi connectivity index (χ0) is 11.5. The molecule has 0 atom stereocenters. The summed E-state index contributed by atoms with van der Waals surface area (Å²) in [6.45, 7) is 0. The number of hydrogen-bond acceptors (Lipinski definition) is 3. The average Bonchev–Trinajstić information content (AvgIpc) is 2.80. The van der Waals surface area contributed by atoms with E-state index in [-0.39, 0.29) is 5.91 Å². The van der Waals surface area contributed by atoms with Crippen LogP contribution < -0.4 is 5.73 Å². The summed E-state index contributed by atoms with van der Waals surface area (Å²) in [6.07, 6.45) is 4.63. The number of hydrogen-bond donors (Lipinski definition) is 1. The highest BCUT2D eigenvalue weighted by atomic mass is 16.2. The second kappa shape index (κ2) is 4.51. The maximum Gasteiger partial charge on any atom is 0.272 e. The Morgan fingerprint density at radius 1 is 1.44 bits per heavy atom. The summed E-state index contributed by atoms with van der Waals surface area (Å²) in [7, 11) is 1.85. The zero-order valence-corrected chi connectivity index (χ0v) is 9.52. The van der Waals surface area contributed by atoms with E-state index in [1.165, 1.54) is 12.8 Å². The normalized spacial score (nSPS) is 16.3. The van der Waals surface area contributed by atoms with Gasteiger partial charge in [-0.3, -0.25) is 4.79 Å². The number of rotatable bonds is 2. The Kier molecular flexibility index (Phi) is 3.08. The van der Waals surface area contributed by atoms with Crippen molar-refractivity contribution in [2.45, 2.75) is 31.7 Å². The lowest BCUT2D eigenvalue weighted by molar-refractivity contribution is 0.0729. The molecule has 1 aromatic heterocycles. The Hall–Kier alpha value is -1.58. The molecule has 1 amide bonds. The first-order valence-corrected chi connectivity index (χ1v) is 5.68. The van der Waals surface area contributed by atoms with E-state index in [0.717, 1.165) is 12.8 Å². The van der Waals surface area contributed by atoms with Crippen molar-refractivity contribution in [2.75, 3.05) is 12.8 Å². The van der Waals surface area contributed by atoms with E-state index >= 15 is 0 Å². The van der Waals surface area contributed by atoms with E-state index in [0.29, 0.717) is 17.6 Å². The third-order valence-electron chi connectivity index (χ3n) is 3.18. The summed E-state index contributed by atoms with van der Waals surface area (Å²) in [5, 5.41) is 0. The largest absolute Gasteiger partial charge is 0.384 e. The summed E-state index contributed by atoms with van der Waals surface area (Å²) in [5.41, 5.74) is 6.01. The quantitative estimate of drug-likeness (QED) is 0.823. The van der Waals surface area contributed by atoms with Gasteiger partial charge >= 0.3 is 0 Å². The number of nitrogens with zero attached hydrogens (tertiary/aromatic N) is 2. The van der Waals surface area contributed by atoms with Gasteiger partial charge < -0.3 is 10.6 Å². The number of carbonyl (C=O) groups is 1. The molecule has 1 fully saturated rings. The lowest BCUT2D eigenvalue weighted by Crippen LogP contribution is -2.35. The van der Waals surface area contributed by atoms with E-state index < -0.39 is 0 Å². The van der Waals surface area contributed by atoms with Crippen LogP contribution in [0.25, 0.3) is 0 Å². The Bertz CT molecular complexity index is 386. The molecule has 1 aliphatic rings. The van der Waals surface area contributed by atoms with Crippen molar-refractivity contribution < 1.29 is 4.79 Å². The van der Waals surface area contributed by atoms with E-state index in [4.69, 9.17) is 5.73 Å².